The Kier molecular flexibility index (Phi) is 9.88. The van der Waals surface area contributed by atoms with Crippen molar-refractivity contribution in [3.63, 3.8) is 0 Å². The van der Waals surface area contributed by atoms with Crippen molar-refractivity contribution in [2.75, 3.05) is 46.9 Å². The highest BCUT2D eigenvalue weighted by Crippen LogP contribution is 2.27. The third-order valence-corrected chi connectivity index (χ3v) is 5.03. The van der Waals surface area contributed by atoms with Crippen LogP contribution in [0.5, 0.6) is 11.5 Å². The predicted molar refractivity (Wildman–Crippen MR) is 95.6 cm³/mol. The lowest BCUT2D eigenvalue weighted by molar-refractivity contribution is -0.986. The number of hydrogen-bond donors (Lipinski definition) is 2. The lowest BCUT2D eigenvalue weighted by Crippen LogP contribution is -3.26. The molecule has 1 aliphatic heterocycles. The molecular weight excluding hydrogens is 390 g/mol. The minimum absolute atomic E-state index is 0. The second-order valence-corrected chi connectivity index (χ2v) is 6.55. The SMILES string of the molecule is COc1ccc(CC[NH+]2CC[NH+](c3ccc(F)cc3)CC2)cc1OC.[Cl-].[Cl-]. The molecule has 0 radical (unpaired) electrons. The average Bonchev–Trinajstić information content (AvgIpc) is 2.67. The van der Waals surface area contributed by atoms with Gasteiger partial charge in [0, 0.05) is 18.6 Å². The number of quaternary nitrogens is 2. The predicted octanol–water partition coefficient (Wildman–Crippen LogP) is -5.49. The Morgan fingerprint density at radius 1 is 0.852 bits per heavy atom. The maximum absolute atomic E-state index is 13.0. The summed E-state index contributed by atoms with van der Waals surface area (Å²) in [6.45, 7) is 5.58. The molecule has 1 aliphatic rings. The lowest BCUT2D eigenvalue weighted by atomic mass is 10.1. The molecule has 0 atom stereocenters. The van der Waals surface area contributed by atoms with Crippen LogP contribution in [-0.4, -0.2) is 46.9 Å². The fourth-order valence-corrected chi connectivity index (χ4v) is 3.49. The van der Waals surface area contributed by atoms with Gasteiger partial charge in [0.1, 0.15) is 37.7 Å². The van der Waals surface area contributed by atoms with Gasteiger partial charge in [-0.1, -0.05) is 6.07 Å². The second-order valence-electron chi connectivity index (χ2n) is 6.55. The van der Waals surface area contributed by atoms with Crippen molar-refractivity contribution in [2.24, 2.45) is 0 Å². The number of halogens is 3. The van der Waals surface area contributed by atoms with Gasteiger partial charge in [-0.25, -0.2) is 4.39 Å². The molecular formula is C20H27Cl2FN2O2. The van der Waals surface area contributed by atoms with E-state index in [-0.39, 0.29) is 30.6 Å². The van der Waals surface area contributed by atoms with E-state index in [1.54, 1.807) is 31.3 Å². The van der Waals surface area contributed by atoms with Gasteiger partial charge in [0.25, 0.3) is 0 Å². The van der Waals surface area contributed by atoms with Crippen LogP contribution in [0.2, 0.25) is 0 Å². The molecule has 0 spiro atoms. The number of nitrogens with one attached hydrogen (secondary N) is 2. The molecule has 150 valence electrons. The third-order valence-electron chi connectivity index (χ3n) is 5.03. The summed E-state index contributed by atoms with van der Waals surface area (Å²) in [5, 5.41) is 0. The minimum atomic E-state index is -0.165. The molecule has 7 heteroatoms. The van der Waals surface area contributed by atoms with E-state index in [0.29, 0.717) is 0 Å². The zero-order chi connectivity index (χ0) is 17.6. The molecule has 0 amide bonds. The van der Waals surface area contributed by atoms with E-state index in [4.69, 9.17) is 9.47 Å². The summed E-state index contributed by atoms with van der Waals surface area (Å²) < 4.78 is 23.7. The van der Waals surface area contributed by atoms with Crippen molar-refractivity contribution in [2.45, 2.75) is 6.42 Å². The van der Waals surface area contributed by atoms with E-state index in [1.807, 2.05) is 18.2 Å². The van der Waals surface area contributed by atoms with Crippen molar-refractivity contribution in [3.05, 3.63) is 53.8 Å². The maximum Gasteiger partial charge on any atom is 0.160 e. The molecule has 0 aromatic heterocycles. The quantitative estimate of drug-likeness (QED) is 0.491. The number of benzene rings is 2. The zero-order valence-corrected chi connectivity index (χ0v) is 17.2. The van der Waals surface area contributed by atoms with E-state index in [2.05, 4.69) is 12.1 Å². The van der Waals surface area contributed by atoms with Gasteiger partial charge in [-0.05, 0) is 29.8 Å². The van der Waals surface area contributed by atoms with E-state index >= 15 is 0 Å². The average molecular weight is 417 g/mol. The van der Waals surface area contributed by atoms with Crippen LogP contribution in [0.15, 0.2) is 42.5 Å². The summed E-state index contributed by atoms with van der Waals surface area (Å²) in [5.41, 5.74) is 2.47. The van der Waals surface area contributed by atoms with Crippen LogP contribution >= 0.6 is 0 Å². The first-order chi connectivity index (χ1) is 12.2. The summed E-state index contributed by atoms with van der Waals surface area (Å²) in [6, 6.07) is 13.1. The van der Waals surface area contributed by atoms with Crippen LogP contribution in [0.25, 0.3) is 0 Å². The molecule has 1 saturated heterocycles. The van der Waals surface area contributed by atoms with Crippen LogP contribution in [0.3, 0.4) is 0 Å². The molecule has 3 rings (SSSR count). The summed E-state index contributed by atoms with van der Waals surface area (Å²) in [4.78, 5) is 3.08. The van der Waals surface area contributed by atoms with Gasteiger partial charge in [0.2, 0.25) is 0 Å². The van der Waals surface area contributed by atoms with E-state index in [9.17, 15) is 4.39 Å². The number of piperazine rings is 1. The Morgan fingerprint density at radius 3 is 2.07 bits per heavy atom. The van der Waals surface area contributed by atoms with Crippen molar-refractivity contribution < 1.29 is 48.5 Å². The number of hydrogen-bond acceptors (Lipinski definition) is 2. The Hall–Kier alpha value is -1.53. The number of ether oxygens (including phenoxy) is 2. The molecule has 0 aliphatic carbocycles. The molecule has 2 aromatic carbocycles. The first-order valence-corrected chi connectivity index (χ1v) is 8.84. The van der Waals surface area contributed by atoms with E-state index in [1.165, 1.54) is 16.2 Å². The van der Waals surface area contributed by atoms with Gasteiger partial charge in [0.05, 0.1) is 20.8 Å². The Morgan fingerprint density at radius 2 is 1.48 bits per heavy atom. The van der Waals surface area contributed by atoms with Gasteiger partial charge >= 0.3 is 0 Å². The summed E-state index contributed by atoms with van der Waals surface area (Å²) >= 11 is 0. The third kappa shape index (κ3) is 6.25. The normalized spacial score (nSPS) is 18.8. The van der Waals surface area contributed by atoms with Crippen LogP contribution in [0.1, 0.15) is 5.56 Å². The maximum atomic E-state index is 13.0. The van der Waals surface area contributed by atoms with Crippen LogP contribution in [0, 0.1) is 5.82 Å². The van der Waals surface area contributed by atoms with Crippen LogP contribution < -0.4 is 44.1 Å². The van der Waals surface area contributed by atoms with Crippen molar-refractivity contribution in [3.8, 4) is 11.5 Å². The zero-order valence-electron chi connectivity index (χ0n) is 15.7. The summed E-state index contributed by atoms with van der Waals surface area (Å²) in [6.07, 6.45) is 1.03. The fraction of sp³-hybridized carbons (Fsp3) is 0.400. The highest BCUT2D eigenvalue weighted by molar-refractivity contribution is 5.42. The molecule has 2 N–H and O–H groups in total. The van der Waals surface area contributed by atoms with E-state index < -0.39 is 0 Å². The molecule has 27 heavy (non-hydrogen) atoms. The molecule has 4 nitrogen and oxygen atoms in total. The largest absolute Gasteiger partial charge is 1.00 e. The van der Waals surface area contributed by atoms with Crippen molar-refractivity contribution in [1.82, 2.24) is 0 Å². The van der Waals surface area contributed by atoms with Crippen LogP contribution in [0.4, 0.5) is 10.1 Å². The first-order valence-electron chi connectivity index (χ1n) is 8.84. The smallest absolute Gasteiger partial charge is 0.160 e. The Balaban J connectivity index is 0.00000182. The monoisotopic (exact) mass is 416 g/mol. The van der Waals surface area contributed by atoms with Crippen molar-refractivity contribution >= 4 is 5.69 Å². The summed E-state index contributed by atoms with van der Waals surface area (Å²) in [7, 11) is 3.33. The Labute approximate surface area is 173 Å². The van der Waals surface area contributed by atoms with Gasteiger partial charge in [0.15, 0.2) is 11.5 Å². The highest BCUT2D eigenvalue weighted by atomic mass is 35.5. The fourth-order valence-electron chi connectivity index (χ4n) is 3.49. The van der Waals surface area contributed by atoms with Gasteiger partial charge in [-0.15, -0.1) is 0 Å². The molecule has 0 bridgehead atoms. The number of methoxy groups -OCH3 is 2. The lowest BCUT2D eigenvalue weighted by Gasteiger charge is -2.29. The molecule has 1 fully saturated rings. The van der Waals surface area contributed by atoms with E-state index in [0.717, 1.165) is 50.6 Å². The van der Waals surface area contributed by atoms with Crippen molar-refractivity contribution in [1.29, 1.82) is 0 Å². The highest BCUT2D eigenvalue weighted by Gasteiger charge is 2.24. The van der Waals surface area contributed by atoms with Gasteiger partial charge < -0.3 is 39.2 Å². The first kappa shape index (κ1) is 23.5. The topological polar surface area (TPSA) is 27.3 Å². The molecule has 1 heterocycles. The van der Waals surface area contributed by atoms with Gasteiger partial charge in [-0.2, -0.15) is 0 Å². The standard InChI is InChI=1S/C20H25FN2O2.2ClH/c1-24-19-8-3-16(15-20(19)25-2)9-10-22-11-13-23(14-12-22)18-6-4-17(21)5-7-18;;/h3-8,15H,9-14H2,1-2H3;2*1H. The number of rotatable bonds is 6. The molecule has 0 unspecified atom stereocenters. The Bertz CT molecular complexity index is 693. The molecule has 0 saturated carbocycles. The second kappa shape index (κ2) is 11.3. The van der Waals surface area contributed by atoms with Crippen LogP contribution in [-0.2, 0) is 6.42 Å². The molecule has 2 aromatic rings. The van der Waals surface area contributed by atoms with Gasteiger partial charge in [-0.3, -0.25) is 4.90 Å². The minimum Gasteiger partial charge on any atom is -1.00 e. The summed E-state index contributed by atoms with van der Waals surface area (Å²) in [5.74, 6) is 1.40.